The number of hydrogen-bond donors (Lipinski definition) is 2. The van der Waals surface area contributed by atoms with Crippen LogP contribution in [0.1, 0.15) is 12.7 Å². The molecular weight excluding hydrogens is 374 g/mol. The molecule has 3 aromatic rings. The lowest BCUT2D eigenvalue weighted by Gasteiger charge is -2.13. The van der Waals surface area contributed by atoms with Crippen LogP contribution < -0.4 is 15.4 Å². The Morgan fingerprint density at radius 2 is 1.76 bits per heavy atom. The van der Waals surface area contributed by atoms with Crippen molar-refractivity contribution in [1.82, 2.24) is 5.16 Å². The number of esters is 1. The fourth-order valence-corrected chi connectivity index (χ4v) is 2.40. The first kappa shape index (κ1) is 19.9. The van der Waals surface area contributed by atoms with Crippen molar-refractivity contribution < 1.29 is 23.6 Å². The van der Waals surface area contributed by atoms with Crippen LogP contribution in [0.5, 0.6) is 5.75 Å². The van der Waals surface area contributed by atoms with Crippen LogP contribution in [-0.4, -0.2) is 29.7 Å². The first-order valence-electron chi connectivity index (χ1n) is 8.98. The molecule has 0 radical (unpaired) electrons. The van der Waals surface area contributed by atoms with Gasteiger partial charge < -0.3 is 24.6 Å². The second-order valence-electron chi connectivity index (χ2n) is 6.25. The third-order valence-electron chi connectivity index (χ3n) is 3.83. The Hall–Kier alpha value is -3.81. The maximum absolute atomic E-state index is 12.0. The number of aryl methyl sites for hydroxylation is 1. The lowest BCUT2D eigenvalue weighted by atomic mass is 10.2. The van der Waals surface area contributed by atoms with E-state index in [-0.39, 0.29) is 12.4 Å². The number of ether oxygens (including phenoxy) is 2. The SMILES string of the molecule is Cc1cc(NC(=O)[C@@H](C)OC(=O)COc2ccc(Nc3ccccc3)cc2)no1. The summed E-state index contributed by atoms with van der Waals surface area (Å²) in [5.41, 5.74) is 1.86. The molecule has 0 bridgehead atoms. The monoisotopic (exact) mass is 395 g/mol. The van der Waals surface area contributed by atoms with Crippen molar-refractivity contribution in [2.45, 2.75) is 20.0 Å². The number of carbonyl (C=O) groups excluding carboxylic acids is 2. The van der Waals surface area contributed by atoms with Gasteiger partial charge in [0.15, 0.2) is 18.5 Å². The molecule has 0 aliphatic heterocycles. The summed E-state index contributed by atoms with van der Waals surface area (Å²) in [6.45, 7) is 2.85. The second-order valence-corrected chi connectivity index (χ2v) is 6.25. The number of benzene rings is 2. The molecule has 8 heteroatoms. The molecule has 3 rings (SSSR count). The van der Waals surface area contributed by atoms with Crippen molar-refractivity contribution in [1.29, 1.82) is 0 Å². The highest BCUT2D eigenvalue weighted by molar-refractivity contribution is 5.94. The fraction of sp³-hybridized carbons (Fsp3) is 0.190. The Bertz CT molecular complexity index is 954. The van der Waals surface area contributed by atoms with Crippen LogP contribution in [0.3, 0.4) is 0 Å². The predicted molar refractivity (Wildman–Crippen MR) is 107 cm³/mol. The molecule has 0 aliphatic carbocycles. The number of hydrogen-bond acceptors (Lipinski definition) is 7. The largest absolute Gasteiger partial charge is 0.482 e. The fourth-order valence-electron chi connectivity index (χ4n) is 2.40. The first-order valence-corrected chi connectivity index (χ1v) is 8.98. The summed E-state index contributed by atoms with van der Waals surface area (Å²) in [6, 6.07) is 18.5. The lowest BCUT2D eigenvalue weighted by Crippen LogP contribution is -2.31. The number of carbonyl (C=O) groups is 2. The molecule has 1 amide bonds. The smallest absolute Gasteiger partial charge is 0.344 e. The second kappa shape index (κ2) is 9.41. The van der Waals surface area contributed by atoms with Crippen molar-refractivity contribution >= 4 is 29.1 Å². The van der Waals surface area contributed by atoms with E-state index in [0.29, 0.717) is 11.5 Å². The van der Waals surface area contributed by atoms with Gasteiger partial charge in [0.25, 0.3) is 5.91 Å². The highest BCUT2D eigenvalue weighted by Gasteiger charge is 2.19. The molecule has 8 nitrogen and oxygen atoms in total. The van der Waals surface area contributed by atoms with Gasteiger partial charge in [-0.3, -0.25) is 4.79 Å². The van der Waals surface area contributed by atoms with Gasteiger partial charge >= 0.3 is 5.97 Å². The molecule has 1 atom stereocenters. The summed E-state index contributed by atoms with van der Waals surface area (Å²) in [4.78, 5) is 23.9. The number of anilines is 3. The third-order valence-corrected chi connectivity index (χ3v) is 3.83. The Morgan fingerprint density at radius 1 is 1.07 bits per heavy atom. The zero-order valence-corrected chi connectivity index (χ0v) is 16.0. The molecule has 1 heterocycles. The summed E-state index contributed by atoms with van der Waals surface area (Å²) < 4.78 is 15.3. The maximum Gasteiger partial charge on any atom is 0.344 e. The summed E-state index contributed by atoms with van der Waals surface area (Å²) in [6.07, 6.45) is -0.999. The normalized spacial score (nSPS) is 11.4. The number of nitrogens with zero attached hydrogens (tertiary/aromatic N) is 1. The van der Waals surface area contributed by atoms with Crippen molar-refractivity contribution in [2.75, 3.05) is 17.2 Å². The number of amides is 1. The molecule has 0 fully saturated rings. The topological polar surface area (TPSA) is 103 Å². The van der Waals surface area contributed by atoms with Gasteiger partial charge in [0.05, 0.1) is 0 Å². The molecule has 0 aliphatic rings. The van der Waals surface area contributed by atoms with E-state index in [1.54, 1.807) is 25.1 Å². The molecule has 150 valence electrons. The molecule has 29 heavy (non-hydrogen) atoms. The molecule has 0 unspecified atom stereocenters. The van der Waals surface area contributed by atoms with Gasteiger partial charge in [0.2, 0.25) is 0 Å². The Balaban J connectivity index is 1.43. The van der Waals surface area contributed by atoms with E-state index in [1.807, 2.05) is 42.5 Å². The Kier molecular flexibility index (Phi) is 6.47. The molecule has 0 spiro atoms. The number of nitrogens with one attached hydrogen (secondary N) is 2. The molecule has 2 N–H and O–H groups in total. The molecule has 0 saturated heterocycles. The predicted octanol–water partition coefficient (Wildman–Crippen LogP) is 3.68. The van der Waals surface area contributed by atoms with Crippen molar-refractivity contribution in [3.63, 3.8) is 0 Å². The van der Waals surface area contributed by atoms with E-state index in [2.05, 4.69) is 15.8 Å². The van der Waals surface area contributed by atoms with E-state index >= 15 is 0 Å². The van der Waals surface area contributed by atoms with Gasteiger partial charge in [-0.15, -0.1) is 0 Å². The van der Waals surface area contributed by atoms with Gasteiger partial charge in [0, 0.05) is 17.4 Å². The molecule has 1 aromatic heterocycles. The number of aromatic nitrogens is 1. The van der Waals surface area contributed by atoms with Crippen LogP contribution in [0.2, 0.25) is 0 Å². The summed E-state index contributed by atoms with van der Waals surface area (Å²) >= 11 is 0. The first-order chi connectivity index (χ1) is 14.0. The van der Waals surface area contributed by atoms with Gasteiger partial charge in [-0.2, -0.15) is 0 Å². The summed E-state index contributed by atoms with van der Waals surface area (Å²) in [7, 11) is 0. The van der Waals surface area contributed by atoms with Crippen LogP contribution in [-0.2, 0) is 14.3 Å². The average molecular weight is 395 g/mol. The average Bonchev–Trinajstić information content (AvgIpc) is 3.12. The molecular formula is C21H21N3O5. The minimum atomic E-state index is -0.999. The van der Waals surface area contributed by atoms with Gasteiger partial charge in [0.1, 0.15) is 11.5 Å². The minimum Gasteiger partial charge on any atom is -0.482 e. The van der Waals surface area contributed by atoms with Crippen molar-refractivity contribution in [3.05, 3.63) is 66.4 Å². The maximum atomic E-state index is 12.0. The Morgan fingerprint density at radius 3 is 2.41 bits per heavy atom. The van der Waals surface area contributed by atoms with Crippen molar-refractivity contribution in [3.8, 4) is 5.75 Å². The third kappa shape index (κ3) is 6.10. The molecule has 0 saturated carbocycles. The van der Waals surface area contributed by atoms with Crippen LogP contribution >= 0.6 is 0 Å². The zero-order valence-electron chi connectivity index (χ0n) is 16.0. The minimum absolute atomic E-state index is 0.260. The number of rotatable bonds is 8. The van der Waals surface area contributed by atoms with Gasteiger partial charge in [-0.1, -0.05) is 23.4 Å². The van der Waals surface area contributed by atoms with E-state index < -0.39 is 18.0 Å². The van der Waals surface area contributed by atoms with Crippen LogP contribution in [0.25, 0.3) is 0 Å². The van der Waals surface area contributed by atoms with Crippen LogP contribution in [0.4, 0.5) is 17.2 Å². The van der Waals surface area contributed by atoms with Gasteiger partial charge in [-0.25, -0.2) is 4.79 Å². The van der Waals surface area contributed by atoms with E-state index in [1.165, 1.54) is 6.92 Å². The standard InChI is InChI=1S/C21H21N3O5/c1-14-12-19(24-29-14)23-21(26)15(2)28-20(25)13-27-18-10-8-17(9-11-18)22-16-6-4-3-5-7-16/h3-12,15,22H,13H2,1-2H3,(H,23,24,26)/t15-/m1/s1. The van der Waals surface area contributed by atoms with E-state index in [9.17, 15) is 9.59 Å². The van der Waals surface area contributed by atoms with Crippen LogP contribution in [0.15, 0.2) is 65.2 Å². The van der Waals surface area contributed by atoms with Gasteiger partial charge in [-0.05, 0) is 50.2 Å². The van der Waals surface area contributed by atoms with E-state index in [0.717, 1.165) is 11.4 Å². The highest BCUT2D eigenvalue weighted by atomic mass is 16.6. The summed E-state index contributed by atoms with van der Waals surface area (Å²) in [5.74, 6) is 0.161. The zero-order chi connectivity index (χ0) is 20.6. The quantitative estimate of drug-likeness (QED) is 0.561. The Labute approximate surface area is 167 Å². The molecule has 2 aromatic carbocycles. The van der Waals surface area contributed by atoms with Crippen LogP contribution in [0, 0.1) is 6.92 Å². The highest BCUT2D eigenvalue weighted by Crippen LogP contribution is 2.20. The van der Waals surface area contributed by atoms with Crippen molar-refractivity contribution in [2.24, 2.45) is 0 Å². The lowest BCUT2D eigenvalue weighted by molar-refractivity contribution is -0.155. The summed E-state index contributed by atoms with van der Waals surface area (Å²) in [5, 5.41) is 9.40. The van der Waals surface area contributed by atoms with E-state index in [4.69, 9.17) is 14.0 Å². The number of para-hydroxylation sites is 1.